The molecular weight excluding hydrogens is 272 g/mol. The smallest absolute Gasteiger partial charge is 0.460 e. The average molecular weight is 290 g/mol. The van der Waals surface area contributed by atoms with Gasteiger partial charge in [0.15, 0.2) is 6.61 Å². The second-order valence-electron chi connectivity index (χ2n) is 3.80. The summed E-state index contributed by atoms with van der Waals surface area (Å²) in [5.41, 5.74) is 0. The molecule has 0 aromatic rings. The first-order valence-corrected chi connectivity index (χ1v) is 6.21. The molecule has 20 heavy (non-hydrogen) atoms. The molecule has 0 aromatic heterocycles. The first-order valence-electron chi connectivity index (χ1n) is 6.21. The van der Waals surface area contributed by atoms with Crippen molar-refractivity contribution >= 4 is 12.1 Å². The number of rotatable bonds is 9. The Morgan fingerprint density at radius 1 is 1.30 bits per heavy atom. The summed E-state index contributed by atoms with van der Waals surface area (Å²) in [5.74, 6) is -2.21. The fraction of sp³-hybridized carbons (Fsp3) is 0.667. The van der Waals surface area contributed by atoms with Crippen LogP contribution in [0.4, 0.5) is 4.79 Å². The van der Waals surface area contributed by atoms with Crippen LogP contribution in [0, 0.1) is 0 Å². The largest absolute Gasteiger partial charge is 0.512 e. The number of carbonyl (C=O) groups is 2. The molecule has 0 radical (unpaired) electrons. The first-order chi connectivity index (χ1) is 9.62. The summed E-state index contributed by atoms with van der Waals surface area (Å²) in [5, 5.41) is 0. The third-order valence-corrected chi connectivity index (χ3v) is 2.19. The van der Waals surface area contributed by atoms with E-state index in [9.17, 15) is 9.59 Å². The highest BCUT2D eigenvalue weighted by atomic mass is 17.3. The van der Waals surface area contributed by atoms with Crippen molar-refractivity contribution in [1.82, 2.24) is 0 Å². The Morgan fingerprint density at radius 3 is 2.60 bits per heavy atom. The first kappa shape index (κ1) is 16.4. The Morgan fingerprint density at radius 2 is 2.05 bits per heavy atom. The minimum absolute atomic E-state index is 0.0365. The quantitative estimate of drug-likeness (QED) is 0.206. The lowest BCUT2D eigenvalue weighted by molar-refractivity contribution is -0.597. The molecule has 1 saturated heterocycles. The Balaban J connectivity index is 2.23. The molecule has 0 aliphatic carbocycles. The van der Waals surface area contributed by atoms with Gasteiger partial charge in [0.05, 0.1) is 13.2 Å². The van der Waals surface area contributed by atoms with Crippen molar-refractivity contribution in [3.05, 3.63) is 12.7 Å². The van der Waals surface area contributed by atoms with E-state index < -0.39 is 18.1 Å². The maximum atomic E-state index is 11.4. The molecule has 0 aromatic carbocycles. The monoisotopic (exact) mass is 290 g/mol. The van der Waals surface area contributed by atoms with E-state index in [0.717, 1.165) is 18.9 Å². The Bertz CT molecular complexity index is 336. The van der Waals surface area contributed by atoms with Crippen LogP contribution in [0.3, 0.4) is 0 Å². The lowest BCUT2D eigenvalue weighted by Crippen LogP contribution is -2.53. The average Bonchev–Trinajstić information content (AvgIpc) is 2.40. The Hall–Kier alpha value is -1.64. The number of hydrogen-bond donors (Lipinski definition) is 0. The van der Waals surface area contributed by atoms with Crippen molar-refractivity contribution in [1.29, 1.82) is 0 Å². The maximum Gasteiger partial charge on any atom is 0.512 e. The summed E-state index contributed by atoms with van der Waals surface area (Å²) >= 11 is 0. The molecule has 1 heterocycles. The Labute approximate surface area is 116 Å². The molecule has 1 fully saturated rings. The van der Waals surface area contributed by atoms with Gasteiger partial charge in [0, 0.05) is 6.08 Å². The molecule has 8 heteroatoms. The summed E-state index contributed by atoms with van der Waals surface area (Å²) < 4.78 is 19.5. The Kier molecular flexibility index (Phi) is 6.99. The number of hydrogen-bond acceptors (Lipinski definition) is 8. The molecule has 0 spiro atoms. The van der Waals surface area contributed by atoms with Crippen molar-refractivity contribution < 1.29 is 38.3 Å². The second-order valence-corrected chi connectivity index (χ2v) is 3.80. The van der Waals surface area contributed by atoms with Gasteiger partial charge in [-0.1, -0.05) is 19.9 Å². The van der Waals surface area contributed by atoms with Crippen molar-refractivity contribution in [2.24, 2.45) is 0 Å². The van der Waals surface area contributed by atoms with Gasteiger partial charge in [0.1, 0.15) is 6.61 Å². The van der Waals surface area contributed by atoms with Gasteiger partial charge < -0.3 is 18.9 Å². The van der Waals surface area contributed by atoms with Crippen LogP contribution in [0.2, 0.25) is 0 Å². The summed E-state index contributed by atoms with van der Waals surface area (Å²) in [4.78, 5) is 31.2. The molecular formula is C12H18O8. The van der Waals surface area contributed by atoms with E-state index in [0.29, 0.717) is 0 Å². The normalized spacial score (nSPS) is 20.6. The van der Waals surface area contributed by atoms with Gasteiger partial charge in [0.25, 0.3) is 0 Å². The lowest BCUT2D eigenvalue weighted by atomic mass is 10.4. The number of carbonyl (C=O) groups excluding carboxylic acids is 2. The molecule has 8 nitrogen and oxygen atoms in total. The number of ether oxygens (including phenoxy) is 4. The van der Waals surface area contributed by atoms with Gasteiger partial charge in [-0.15, -0.1) is 0 Å². The van der Waals surface area contributed by atoms with Crippen molar-refractivity contribution in [3.8, 4) is 0 Å². The molecule has 0 saturated carbocycles. The van der Waals surface area contributed by atoms with E-state index in [1.807, 2.05) is 6.92 Å². The van der Waals surface area contributed by atoms with Gasteiger partial charge >= 0.3 is 18.1 Å². The van der Waals surface area contributed by atoms with Crippen molar-refractivity contribution in [2.45, 2.75) is 25.7 Å². The molecule has 0 amide bonds. The van der Waals surface area contributed by atoms with E-state index in [-0.39, 0.29) is 26.4 Å². The highest BCUT2D eigenvalue weighted by Crippen LogP contribution is 2.26. The van der Waals surface area contributed by atoms with Gasteiger partial charge in [-0.2, -0.15) is 4.89 Å². The third kappa shape index (κ3) is 5.55. The minimum Gasteiger partial charge on any atom is -0.460 e. The maximum absolute atomic E-state index is 11.4. The van der Waals surface area contributed by atoms with E-state index in [2.05, 4.69) is 21.1 Å². The van der Waals surface area contributed by atoms with Gasteiger partial charge in [-0.05, 0) is 6.42 Å². The summed E-state index contributed by atoms with van der Waals surface area (Å²) in [6.45, 7) is 5.30. The summed E-state index contributed by atoms with van der Waals surface area (Å²) in [6.07, 6.45) is 1.74. The summed E-state index contributed by atoms with van der Waals surface area (Å²) in [7, 11) is 0. The standard InChI is InChI=1S/C12H18O8/c1-3-5-6-16-11(14)19-12(9-18-20-12)17-8-7-15-10(13)4-2/h4H,2-3,5-9H2,1H3. The van der Waals surface area contributed by atoms with Crippen LogP contribution in [0.25, 0.3) is 0 Å². The lowest BCUT2D eigenvalue weighted by Gasteiger charge is -2.36. The molecule has 0 N–H and O–H groups in total. The van der Waals surface area contributed by atoms with Crippen LogP contribution in [-0.4, -0.2) is 44.5 Å². The van der Waals surface area contributed by atoms with Gasteiger partial charge in [-0.25, -0.2) is 14.5 Å². The fourth-order valence-corrected chi connectivity index (χ4v) is 1.15. The van der Waals surface area contributed by atoms with E-state index >= 15 is 0 Å². The SMILES string of the molecule is C=CC(=O)OCCOC1(OC(=O)OCCCC)COO1. The highest BCUT2D eigenvalue weighted by Gasteiger charge is 2.48. The zero-order chi connectivity index (χ0) is 14.8. The molecule has 114 valence electrons. The van der Waals surface area contributed by atoms with Gasteiger partial charge in [-0.3, -0.25) is 0 Å². The van der Waals surface area contributed by atoms with E-state index in [1.54, 1.807) is 0 Å². The summed E-state index contributed by atoms with van der Waals surface area (Å²) in [6, 6.07) is 0. The van der Waals surface area contributed by atoms with E-state index in [1.165, 1.54) is 0 Å². The molecule has 0 bridgehead atoms. The van der Waals surface area contributed by atoms with Crippen molar-refractivity contribution in [3.63, 3.8) is 0 Å². The van der Waals surface area contributed by atoms with Crippen LogP contribution in [0.5, 0.6) is 0 Å². The van der Waals surface area contributed by atoms with Crippen LogP contribution in [-0.2, 0) is 33.5 Å². The fourth-order valence-electron chi connectivity index (χ4n) is 1.15. The minimum atomic E-state index is -1.64. The van der Waals surface area contributed by atoms with Crippen LogP contribution >= 0.6 is 0 Å². The predicted molar refractivity (Wildman–Crippen MR) is 64.2 cm³/mol. The van der Waals surface area contributed by atoms with Crippen molar-refractivity contribution in [2.75, 3.05) is 26.4 Å². The van der Waals surface area contributed by atoms with E-state index in [4.69, 9.17) is 14.2 Å². The van der Waals surface area contributed by atoms with Crippen LogP contribution < -0.4 is 0 Å². The van der Waals surface area contributed by atoms with Gasteiger partial charge in [0.2, 0.25) is 0 Å². The molecule has 1 rings (SSSR count). The predicted octanol–water partition coefficient (Wildman–Crippen LogP) is 1.30. The zero-order valence-corrected chi connectivity index (χ0v) is 11.3. The molecule has 1 aliphatic heterocycles. The molecule has 1 atom stereocenters. The topological polar surface area (TPSA) is 89.5 Å². The van der Waals surface area contributed by atoms with Crippen LogP contribution in [0.1, 0.15) is 19.8 Å². The van der Waals surface area contributed by atoms with Crippen LogP contribution in [0.15, 0.2) is 12.7 Å². The number of unbranched alkanes of at least 4 members (excludes halogenated alkanes) is 1. The second kappa shape index (κ2) is 8.51. The number of esters is 1. The molecule has 1 aliphatic rings. The zero-order valence-electron chi connectivity index (χ0n) is 11.3. The highest BCUT2D eigenvalue weighted by molar-refractivity contribution is 5.81. The molecule has 1 unspecified atom stereocenters. The third-order valence-electron chi connectivity index (χ3n) is 2.19.